The molecule has 4 nitrogen and oxygen atoms in total. The van der Waals surface area contributed by atoms with E-state index in [9.17, 15) is 0 Å². The van der Waals surface area contributed by atoms with Gasteiger partial charge in [-0.15, -0.1) is 0 Å². The predicted octanol–water partition coefficient (Wildman–Crippen LogP) is 3.54. The van der Waals surface area contributed by atoms with Crippen LogP contribution in [0.3, 0.4) is 0 Å². The first-order valence-corrected chi connectivity index (χ1v) is 6.45. The van der Waals surface area contributed by atoms with Gasteiger partial charge in [0.05, 0.1) is 0 Å². The third kappa shape index (κ3) is 3.02. The SMILES string of the molecule is Cc1cccc(Nc2nc(C(C)C)nc(N)c2C)c1. The number of nitrogens with two attached hydrogens (primary N) is 1. The second-order valence-corrected chi connectivity index (χ2v) is 5.09. The fraction of sp³-hybridized carbons (Fsp3) is 0.333. The maximum absolute atomic E-state index is 5.95. The van der Waals surface area contributed by atoms with Crippen molar-refractivity contribution >= 4 is 17.3 Å². The molecule has 0 radical (unpaired) electrons. The van der Waals surface area contributed by atoms with Gasteiger partial charge in [0, 0.05) is 17.2 Å². The van der Waals surface area contributed by atoms with E-state index in [1.165, 1.54) is 5.56 Å². The summed E-state index contributed by atoms with van der Waals surface area (Å²) in [6, 6.07) is 8.17. The zero-order chi connectivity index (χ0) is 14.0. The summed E-state index contributed by atoms with van der Waals surface area (Å²) in [6.07, 6.45) is 0. The standard InChI is InChI=1S/C15H20N4/c1-9(2)14-18-13(16)11(4)15(19-14)17-12-7-5-6-10(3)8-12/h5-9H,1-4H3,(H3,16,17,18,19). The number of nitrogens with zero attached hydrogens (tertiary/aromatic N) is 2. The Morgan fingerprint density at radius 1 is 1.16 bits per heavy atom. The van der Waals surface area contributed by atoms with Crippen LogP contribution in [0.5, 0.6) is 0 Å². The summed E-state index contributed by atoms with van der Waals surface area (Å²) in [5.74, 6) is 2.33. The van der Waals surface area contributed by atoms with Crippen LogP contribution in [0.1, 0.15) is 36.7 Å². The Labute approximate surface area is 114 Å². The molecular formula is C15H20N4. The first-order valence-electron chi connectivity index (χ1n) is 6.45. The summed E-state index contributed by atoms with van der Waals surface area (Å²) in [5, 5.41) is 3.32. The van der Waals surface area contributed by atoms with Gasteiger partial charge in [-0.2, -0.15) is 0 Å². The van der Waals surface area contributed by atoms with Crippen LogP contribution >= 0.6 is 0 Å². The van der Waals surface area contributed by atoms with Crippen molar-refractivity contribution in [2.24, 2.45) is 0 Å². The minimum Gasteiger partial charge on any atom is -0.383 e. The molecule has 0 aliphatic rings. The minimum atomic E-state index is 0.251. The molecule has 2 rings (SSSR count). The lowest BCUT2D eigenvalue weighted by molar-refractivity contribution is 0.776. The highest BCUT2D eigenvalue weighted by atomic mass is 15.1. The van der Waals surface area contributed by atoms with Crippen molar-refractivity contribution in [3.63, 3.8) is 0 Å². The molecule has 0 bridgehead atoms. The molecule has 0 fully saturated rings. The number of nitrogen functional groups attached to an aromatic ring is 1. The quantitative estimate of drug-likeness (QED) is 0.881. The molecule has 2 aromatic rings. The smallest absolute Gasteiger partial charge is 0.139 e. The lowest BCUT2D eigenvalue weighted by Gasteiger charge is -2.13. The summed E-state index contributed by atoms with van der Waals surface area (Å²) < 4.78 is 0. The van der Waals surface area contributed by atoms with Crippen LogP contribution in [0.25, 0.3) is 0 Å². The van der Waals surface area contributed by atoms with E-state index < -0.39 is 0 Å². The Kier molecular flexibility index (Phi) is 3.69. The predicted molar refractivity (Wildman–Crippen MR) is 79.7 cm³/mol. The van der Waals surface area contributed by atoms with Gasteiger partial charge in [-0.1, -0.05) is 26.0 Å². The molecule has 1 aromatic heterocycles. The Balaban J connectivity index is 2.39. The number of rotatable bonds is 3. The van der Waals surface area contributed by atoms with E-state index in [4.69, 9.17) is 5.73 Å². The molecule has 0 saturated carbocycles. The molecule has 0 unspecified atom stereocenters. The molecular weight excluding hydrogens is 236 g/mol. The molecule has 0 amide bonds. The van der Waals surface area contributed by atoms with E-state index in [1.807, 2.05) is 19.1 Å². The molecule has 0 spiro atoms. The second kappa shape index (κ2) is 5.26. The molecule has 100 valence electrons. The maximum Gasteiger partial charge on any atom is 0.139 e. The van der Waals surface area contributed by atoms with Crippen LogP contribution in [-0.2, 0) is 0 Å². The van der Waals surface area contributed by atoms with Gasteiger partial charge in [-0.25, -0.2) is 9.97 Å². The first kappa shape index (κ1) is 13.3. The Morgan fingerprint density at radius 2 is 1.89 bits per heavy atom. The second-order valence-electron chi connectivity index (χ2n) is 5.09. The summed E-state index contributed by atoms with van der Waals surface area (Å²) in [7, 11) is 0. The van der Waals surface area contributed by atoms with Gasteiger partial charge in [-0.05, 0) is 31.5 Å². The van der Waals surface area contributed by atoms with Crippen molar-refractivity contribution in [2.45, 2.75) is 33.6 Å². The largest absolute Gasteiger partial charge is 0.383 e. The summed E-state index contributed by atoms with van der Waals surface area (Å²) in [6.45, 7) is 8.10. The Morgan fingerprint density at radius 3 is 2.53 bits per heavy atom. The highest BCUT2D eigenvalue weighted by Crippen LogP contribution is 2.24. The van der Waals surface area contributed by atoms with Crippen molar-refractivity contribution in [3.8, 4) is 0 Å². The minimum absolute atomic E-state index is 0.251. The fourth-order valence-corrected chi connectivity index (χ4v) is 1.79. The number of aryl methyl sites for hydroxylation is 1. The third-order valence-electron chi connectivity index (χ3n) is 3.00. The van der Waals surface area contributed by atoms with Crippen LogP contribution in [0.4, 0.5) is 17.3 Å². The topological polar surface area (TPSA) is 63.8 Å². The number of benzene rings is 1. The van der Waals surface area contributed by atoms with Gasteiger partial charge in [0.2, 0.25) is 0 Å². The molecule has 1 aromatic carbocycles. The number of anilines is 3. The van der Waals surface area contributed by atoms with E-state index >= 15 is 0 Å². The lowest BCUT2D eigenvalue weighted by atomic mass is 10.2. The summed E-state index contributed by atoms with van der Waals surface area (Å²) in [5.41, 5.74) is 9.04. The van der Waals surface area contributed by atoms with Gasteiger partial charge in [0.25, 0.3) is 0 Å². The zero-order valence-electron chi connectivity index (χ0n) is 11.9. The Bertz CT molecular complexity index is 591. The normalized spacial score (nSPS) is 10.8. The van der Waals surface area contributed by atoms with E-state index in [1.54, 1.807) is 0 Å². The van der Waals surface area contributed by atoms with E-state index in [0.717, 1.165) is 22.9 Å². The average Bonchev–Trinajstić information content (AvgIpc) is 2.34. The average molecular weight is 256 g/mol. The summed E-state index contributed by atoms with van der Waals surface area (Å²) >= 11 is 0. The molecule has 19 heavy (non-hydrogen) atoms. The van der Waals surface area contributed by atoms with Crippen molar-refractivity contribution in [2.75, 3.05) is 11.1 Å². The van der Waals surface area contributed by atoms with Crippen molar-refractivity contribution in [3.05, 3.63) is 41.2 Å². The Hall–Kier alpha value is -2.10. The first-order chi connectivity index (χ1) is 8.97. The van der Waals surface area contributed by atoms with Gasteiger partial charge >= 0.3 is 0 Å². The molecule has 0 saturated heterocycles. The number of hydrogen-bond donors (Lipinski definition) is 2. The number of hydrogen-bond acceptors (Lipinski definition) is 4. The van der Waals surface area contributed by atoms with E-state index in [2.05, 4.69) is 48.2 Å². The van der Waals surface area contributed by atoms with Crippen molar-refractivity contribution in [1.29, 1.82) is 0 Å². The van der Waals surface area contributed by atoms with Gasteiger partial charge in [0.15, 0.2) is 0 Å². The van der Waals surface area contributed by atoms with Gasteiger partial charge < -0.3 is 11.1 Å². The number of nitrogens with one attached hydrogen (secondary N) is 1. The summed E-state index contributed by atoms with van der Waals surface area (Å²) in [4.78, 5) is 8.87. The van der Waals surface area contributed by atoms with Crippen LogP contribution in [0, 0.1) is 13.8 Å². The fourth-order valence-electron chi connectivity index (χ4n) is 1.79. The van der Waals surface area contributed by atoms with Crippen LogP contribution in [0.15, 0.2) is 24.3 Å². The molecule has 0 aliphatic carbocycles. The van der Waals surface area contributed by atoms with Crippen LogP contribution in [0.2, 0.25) is 0 Å². The molecule has 1 heterocycles. The lowest BCUT2D eigenvalue weighted by Crippen LogP contribution is -2.08. The van der Waals surface area contributed by atoms with E-state index in [0.29, 0.717) is 5.82 Å². The molecule has 0 atom stereocenters. The number of aromatic nitrogens is 2. The van der Waals surface area contributed by atoms with Gasteiger partial charge in [-0.3, -0.25) is 0 Å². The van der Waals surface area contributed by atoms with Crippen LogP contribution < -0.4 is 11.1 Å². The third-order valence-corrected chi connectivity index (χ3v) is 3.00. The molecule has 3 N–H and O–H groups in total. The van der Waals surface area contributed by atoms with Gasteiger partial charge in [0.1, 0.15) is 17.5 Å². The van der Waals surface area contributed by atoms with E-state index in [-0.39, 0.29) is 5.92 Å². The van der Waals surface area contributed by atoms with Crippen molar-refractivity contribution in [1.82, 2.24) is 9.97 Å². The zero-order valence-corrected chi connectivity index (χ0v) is 11.9. The van der Waals surface area contributed by atoms with Crippen LogP contribution in [-0.4, -0.2) is 9.97 Å². The van der Waals surface area contributed by atoms with Crippen molar-refractivity contribution < 1.29 is 0 Å². The highest BCUT2D eigenvalue weighted by molar-refractivity contribution is 5.64. The molecule has 4 heteroatoms. The monoisotopic (exact) mass is 256 g/mol. The maximum atomic E-state index is 5.95. The highest BCUT2D eigenvalue weighted by Gasteiger charge is 2.11. The molecule has 0 aliphatic heterocycles.